The number of benzene rings is 2. The van der Waals surface area contributed by atoms with Gasteiger partial charge in [-0.1, -0.05) is 24.3 Å². The number of carbonyl (C=O) groups excluding carboxylic acids is 1. The van der Waals surface area contributed by atoms with Gasteiger partial charge < -0.3 is 24.4 Å². The Balaban J connectivity index is 1.85. The highest BCUT2D eigenvalue weighted by molar-refractivity contribution is 6.03. The smallest absolute Gasteiger partial charge is 0.248 e. The van der Waals surface area contributed by atoms with Gasteiger partial charge in [-0.05, 0) is 38.0 Å². The highest BCUT2D eigenvalue weighted by atomic mass is 16.5. The second kappa shape index (κ2) is 10.7. The minimum atomic E-state index is -0.222. The van der Waals surface area contributed by atoms with Crippen LogP contribution in [0.15, 0.2) is 42.5 Å². The lowest BCUT2D eigenvalue weighted by Crippen LogP contribution is -2.36. The Morgan fingerprint density at radius 2 is 1.80 bits per heavy atom. The van der Waals surface area contributed by atoms with E-state index in [0.717, 1.165) is 35.7 Å². The largest absolute Gasteiger partial charge is 0.492 e. The van der Waals surface area contributed by atoms with Crippen LogP contribution in [0, 0.1) is 6.92 Å². The topological polar surface area (TPSA) is 60.0 Å². The molecule has 0 bridgehead atoms. The molecule has 0 saturated carbocycles. The lowest BCUT2D eigenvalue weighted by molar-refractivity contribution is -0.111. The first-order chi connectivity index (χ1) is 14.6. The van der Waals surface area contributed by atoms with Crippen molar-refractivity contribution in [1.29, 1.82) is 0 Å². The first kappa shape index (κ1) is 21.7. The summed E-state index contributed by atoms with van der Waals surface area (Å²) in [7, 11) is 0. The molecule has 0 atom stereocenters. The average molecular weight is 411 g/mol. The summed E-state index contributed by atoms with van der Waals surface area (Å²) >= 11 is 0. The zero-order valence-electron chi connectivity index (χ0n) is 17.9. The normalized spacial score (nSPS) is 14.0. The molecule has 0 radical (unpaired) electrons. The molecule has 1 saturated heterocycles. The van der Waals surface area contributed by atoms with Crippen molar-refractivity contribution in [2.24, 2.45) is 0 Å². The minimum Gasteiger partial charge on any atom is -0.492 e. The molecule has 2 aromatic carbocycles. The Hall–Kier alpha value is -2.99. The number of ether oxygens (including phenoxy) is 3. The van der Waals surface area contributed by atoms with Crippen molar-refractivity contribution in [3.05, 3.63) is 53.6 Å². The van der Waals surface area contributed by atoms with Gasteiger partial charge in [0.1, 0.15) is 11.5 Å². The fourth-order valence-electron chi connectivity index (χ4n) is 3.36. The van der Waals surface area contributed by atoms with Gasteiger partial charge in [0.15, 0.2) is 0 Å². The maximum Gasteiger partial charge on any atom is 0.248 e. The summed E-state index contributed by atoms with van der Waals surface area (Å²) in [6.45, 7) is 9.85. The second-order valence-electron chi connectivity index (χ2n) is 6.96. The van der Waals surface area contributed by atoms with E-state index in [1.807, 2.05) is 63.2 Å². The van der Waals surface area contributed by atoms with Crippen molar-refractivity contribution < 1.29 is 19.0 Å². The van der Waals surface area contributed by atoms with Crippen LogP contribution in [0.3, 0.4) is 0 Å². The van der Waals surface area contributed by atoms with E-state index in [4.69, 9.17) is 14.2 Å². The lowest BCUT2D eigenvalue weighted by atomic mass is 10.1. The van der Waals surface area contributed by atoms with E-state index in [1.165, 1.54) is 6.08 Å². The highest BCUT2D eigenvalue weighted by Gasteiger charge is 2.20. The summed E-state index contributed by atoms with van der Waals surface area (Å²) in [5.74, 6) is 1.13. The van der Waals surface area contributed by atoms with E-state index >= 15 is 0 Å². The molecule has 6 nitrogen and oxygen atoms in total. The summed E-state index contributed by atoms with van der Waals surface area (Å²) in [5, 5.41) is 2.94. The van der Waals surface area contributed by atoms with Crippen molar-refractivity contribution in [3.63, 3.8) is 0 Å². The zero-order valence-corrected chi connectivity index (χ0v) is 17.9. The quantitative estimate of drug-likeness (QED) is 0.658. The minimum absolute atomic E-state index is 0.222. The number of hydrogen-bond donors (Lipinski definition) is 1. The SMILES string of the molecule is CCOc1cc(N2CCOCC2)c(OCC)cc1NC(=O)/C=C/c1ccccc1C. The van der Waals surface area contributed by atoms with Gasteiger partial charge in [-0.25, -0.2) is 0 Å². The molecule has 0 aromatic heterocycles. The molecule has 0 unspecified atom stereocenters. The maximum atomic E-state index is 12.6. The predicted molar refractivity (Wildman–Crippen MR) is 121 cm³/mol. The van der Waals surface area contributed by atoms with Crippen LogP contribution in [0.5, 0.6) is 11.5 Å². The molecule has 2 aromatic rings. The number of anilines is 2. The van der Waals surface area contributed by atoms with Crippen LogP contribution in [0.4, 0.5) is 11.4 Å². The van der Waals surface area contributed by atoms with Crippen molar-refractivity contribution in [1.82, 2.24) is 0 Å². The van der Waals surface area contributed by atoms with Gasteiger partial charge in [0.25, 0.3) is 0 Å². The number of morpholine rings is 1. The number of amides is 1. The van der Waals surface area contributed by atoms with Crippen LogP contribution in [0.25, 0.3) is 6.08 Å². The maximum absolute atomic E-state index is 12.6. The predicted octanol–water partition coefficient (Wildman–Crippen LogP) is 4.28. The standard InChI is InChI=1S/C24H30N2O4/c1-4-29-22-17-21(26-12-14-28-15-13-26)23(30-5-2)16-20(22)25-24(27)11-10-19-9-7-6-8-18(19)3/h6-11,16-17H,4-5,12-15H2,1-3H3,(H,25,27)/b11-10+. The van der Waals surface area contributed by atoms with E-state index < -0.39 is 0 Å². The molecule has 1 aliphatic heterocycles. The highest BCUT2D eigenvalue weighted by Crippen LogP contribution is 2.39. The van der Waals surface area contributed by atoms with Gasteiger partial charge in [0.05, 0.1) is 37.8 Å². The average Bonchev–Trinajstić information content (AvgIpc) is 2.76. The van der Waals surface area contributed by atoms with Crippen LogP contribution in [-0.4, -0.2) is 45.4 Å². The second-order valence-corrected chi connectivity index (χ2v) is 6.96. The van der Waals surface area contributed by atoms with Crippen molar-refractivity contribution in [2.75, 3.05) is 49.7 Å². The molecule has 1 fully saturated rings. The van der Waals surface area contributed by atoms with Crippen molar-refractivity contribution in [2.45, 2.75) is 20.8 Å². The summed E-state index contributed by atoms with van der Waals surface area (Å²) in [4.78, 5) is 14.8. The fraction of sp³-hybridized carbons (Fsp3) is 0.375. The monoisotopic (exact) mass is 410 g/mol. The van der Waals surface area contributed by atoms with E-state index in [9.17, 15) is 4.79 Å². The van der Waals surface area contributed by atoms with Crippen LogP contribution in [-0.2, 0) is 9.53 Å². The number of nitrogens with zero attached hydrogens (tertiary/aromatic N) is 1. The molecule has 0 aliphatic carbocycles. The summed E-state index contributed by atoms with van der Waals surface area (Å²) in [6.07, 6.45) is 3.35. The first-order valence-corrected chi connectivity index (χ1v) is 10.4. The van der Waals surface area contributed by atoms with E-state index in [1.54, 1.807) is 0 Å². The molecule has 6 heteroatoms. The lowest BCUT2D eigenvalue weighted by Gasteiger charge is -2.31. The Labute approximate surface area is 178 Å². The Morgan fingerprint density at radius 3 is 2.50 bits per heavy atom. The first-order valence-electron chi connectivity index (χ1n) is 10.4. The number of hydrogen-bond acceptors (Lipinski definition) is 5. The van der Waals surface area contributed by atoms with E-state index in [2.05, 4.69) is 10.2 Å². The Kier molecular flexibility index (Phi) is 7.74. The van der Waals surface area contributed by atoms with E-state index in [0.29, 0.717) is 37.9 Å². The Bertz CT molecular complexity index is 889. The molecular formula is C24H30N2O4. The molecule has 1 aliphatic rings. The van der Waals surface area contributed by atoms with E-state index in [-0.39, 0.29) is 5.91 Å². The summed E-state index contributed by atoms with van der Waals surface area (Å²) in [5.41, 5.74) is 3.68. The van der Waals surface area contributed by atoms with Crippen LogP contribution in [0.1, 0.15) is 25.0 Å². The third-order valence-electron chi connectivity index (χ3n) is 4.87. The molecule has 0 spiro atoms. The summed E-state index contributed by atoms with van der Waals surface area (Å²) < 4.78 is 17.2. The van der Waals surface area contributed by atoms with Crippen LogP contribution < -0.4 is 19.7 Å². The third kappa shape index (κ3) is 5.54. The Morgan fingerprint density at radius 1 is 1.10 bits per heavy atom. The van der Waals surface area contributed by atoms with Crippen molar-refractivity contribution in [3.8, 4) is 11.5 Å². The number of rotatable bonds is 8. The number of nitrogens with one attached hydrogen (secondary N) is 1. The molecule has 1 heterocycles. The van der Waals surface area contributed by atoms with Crippen molar-refractivity contribution >= 4 is 23.4 Å². The van der Waals surface area contributed by atoms with Gasteiger partial charge in [-0.3, -0.25) is 4.79 Å². The van der Waals surface area contributed by atoms with Gasteiger partial charge in [0, 0.05) is 31.3 Å². The third-order valence-corrected chi connectivity index (χ3v) is 4.87. The molecule has 3 rings (SSSR count). The fourth-order valence-corrected chi connectivity index (χ4v) is 3.36. The van der Waals surface area contributed by atoms with Gasteiger partial charge in [0.2, 0.25) is 5.91 Å². The molecule has 1 amide bonds. The number of aryl methyl sites for hydroxylation is 1. The van der Waals surface area contributed by atoms with Crippen LogP contribution in [0.2, 0.25) is 0 Å². The zero-order chi connectivity index (χ0) is 21.3. The van der Waals surface area contributed by atoms with Gasteiger partial charge >= 0.3 is 0 Å². The van der Waals surface area contributed by atoms with Crippen LogP contribution >= 0.6 is 0 Å². The van der Waals surface area contributed by atoms with Gasteiger partial charge in [-0.2, -0.15) is 0 Å². The summed E-state index contributed by atoms with van der Waals surface area (Å²) in [6, 6.07) is 11.7. The molecule has 30 heavy (non-hydrogen) atoms. The molecule has 160 valence electrons. The number of carbonyl (C=O) groups is 1. The molecule has 1 N–H and O–H groups in total. The molecular weight excluding hydrogens is 380 g/mol. The van der Waals surface area contributed by atoms with Gasteiger partial charge in [-0.15, -0.1) is 0 Å².